The van der Waals surface area contributed by atoms with Crippen LogP contribution in [0.3, 0.4) is 0 Å². The van der Waals surface area contributed by atoms with Crippen molar-refractivity contribution in [2.45, 2.75) is 39.0 Å². The summed E-state index contributed by atoms with van der Waals surface area (Å²) in [5.74, 6) is 0.0275. The summed E-state index contributed by atoms with van der Waals surface area (Å²) in [6, 6.07) is 0. The average molecular weight is 262 g/mol. The van der Waals surface area contributed by atoms with Crippen molar-refractivity contribution in [2.75, 3.05) is 5.75 Å². The molecule has 0 bridgehead atoms. The van der Waals surface area contributed by atoms with Crippen molar-refractivity contribution in [3.63, 3.8) is 0 Å². The van der Waals surface area contributed by atoms with E-state index in [2.05, 4.69) is 4.98 Å². The summed E-state index contributed by atoms with van der Waals surface area (Å²) in [5, 5.41) is 0. The highest BCUT2D eigenvalue weighted by molar-refractivity contribution is 8.13. The fourth-order valence-electron chi connectivity index (χ4n) is 2.47. The summed E-state index contributed by atoms with van der Waals surface area (Å²) in [4.78, 5) is 3.36. The fourth-order valence-corrected chi connectivity index (χ4v) is 3.15. The lowest BCUT2D eigenvalue weighted by atomic mass is 9.93. The number of rotatable bonds is 3. The van der Waals surface area contributed by atoms with Crippen LogP contribution in [0.25, 0.3) is 0 Å². The van der Waals surface area contributed by atoms with Gasteiger partial charge < -0.3 is 4.98 Å². The molecule has 16 heavy (non-hydrogen) atoms. The zero-order valence-electron chi connectivity index (χ0n) is 9.35. The molecule has 0 aliphatic heterocycles. The molecule has 0 fully saturated rings. The van der Waals surface area contributed by atoms with Crippen LogP contribution in [-0.2, 0) is 28.3 Å². The summed E-state index contributed by atoms with van der Waals surface area (Å²) >= 11 is 0. The summed E-state index contributed by atoms with van der Waals surface area (Å²) < 4.78 is 21.9. The molecule has 0 spiro atoms. The molecule has 1 aromatic rings. The van der Waals surface area contributed by atoms with E-state index in [4.69, 9.17) is 10.7 Å². The number of H-pyrrole nitrogens is 1. The molecule has 0 atom stereocenters. The molecule has 5 heteroatoms. The van der Waals surface area contributed by atoms with Gasteiger partial charge in [0.25, 0.3) is 0 Å². The highest BCUT2D eigenvalue weighted by Gasteiger charge is 2.19. The molecule has 90 valence electrons. The summed E-state index contributed by atoms with van der Waals surface area (Å²) in [6.45, 7) is 2.01. The van der Waals surface area contributed by atoms with Crippen LogP contribution in [-0.4, -0.2) is 19.2 Å². The van der Waals surface area contributed by atoms with Crippen LogP contribution in [0.5, 0.6) is 0 Å². The fraction of sp³-hybridized carbons (Fsp3) is 0.636. The maximum atomic E-state index is 11.0. The third-order valence-corrected chi connectivity index (χ3v) is 4.37. The van der Waals surface area contributed by atoms with E-state index in [-0.39, 0.29) is 5.75 Å². The second-order valence-corrected chi connectivity index (χ2v) is 7.28. The van der Waals surface area contributed by atoms with Gasteiger partial charge in [-0.25, -0.2) is 8.42 Å². The molecule has 1 aliphatic carbocycles. The second kappa shape index (κ2) is 4.41. The monoisotopic (exact) mass is 261 g/mol. The van der Waals surface area contributed by atoms with Crippen molar-refractivity contribution in [1.29, 1.82) is 0 Å². The van der Waals surface area contributed by atoms with E-state index < -0.39 is 9.05 Å². The van der Waals surface area contributed by atoms with E-state index in [9.17, 15) is 8.42 Å². The Labute approximate surface area is 101 Å². The summed E-state index contributed by atoms with van der Waals surface area (Å²) in [7, 11) is 1.86. The predicted octanol–water partition coefficient (Wildman–Crippen LogP) is 2.31. The second-order valence-electron chi connectivity index (χ2n) is 4.39. The highest BCUT2D eigenvalue weighted by Crippen LogP contribution is 2.27. The minimum Gasteiger partial charge on any atom is -0.362 e. The molecule has 3 nitrogen and oxygen atoms in total. The lowest BCUT2D eigenvalue weighted by Gasteiger charge is -2.12. The average Bonchev–Trinajstić information content (AvgIpc) is 2.49. The lowest BCUT2D eigenvalue weighted by molar-refractivity contribution is 0.608. The molecule has 0 amide bonds. The van der Waals surface area contributed by atoms with Gasteiger partial charge in [0.05, 0.1) is 5.75 Å². The van der Waals surface area contributed by atoms with Crippen LogP contribution in [0.15, 0.2) is 0 Å². The van der Waals surface area contributed by atoms with Crippen LogP contribution >= 0.6 is 10.7 Å². The van der Waals surface area contributed by atoms with Gasteiger partial charge >= 0.3 is 0 Å². The standard InChI is InChI=1S/C11H16ClNO2S/c1-8-9(6-7-16(12,14)15)10-4-2-3-5-11(10)13-8/h13H,2-7H2,1H3. The van der Waals surface area contributed by atoms with Crippen molar-refractivity contribution in [3.05, 3.63) is 22.5 Å². The van der Waals surface area contributed by atoms with Crippen molar-refractivity contribution < 1.29 is 8.42 Å². The van der Waals surface area contributed by atoms with Gasteiger partial charge in [0, 0.05) is 22.1 Å². The Morgan fingerprint density at radius 3 is 2.69 bits per heavy atom. The van der Waals surface area contributed by atoms with Gasteiger partial charge in [0.2, 0.25) is 9.05 Å². The number of halogens is 1. The number of aromatic amines is 1. The van der Waals surface area contributed by atoms with Gasteiger partial charge in [-0.1, -0.05) is 0 Å². The molecular weight excluding hydrogens is 246 g/mol. The third-order valence-electron chi connectivity index (χ3n) is 3.22. The minimum atomic E-state index is -3.39. The number of nitrogens with one attached hydrogen (secondary N) is 1. The molecule has 0 aromatic carbocycles. The molecule has 0 saturated carbocycles. The maximum Gasteiger partial charge on any atom is 0.232 e. The zero-order valence-corrected chi connectivity index (χ0v) is 10.9. The highest BCUT2D eigenvalue weighted by atomic mass is 35.7. The Kier molecular flexibility index (Phi) is 3.31. The van der Waals surface area contributed by atoms with Crippen LogP contribution < -0.4 is 0 Å². The Balaban J connectivity index is 2.23. The van der Waals surface area contributed by atoms with E-state index in [0.717, 1.165) is 18.5 Å². The summed E-state index contributed by atoms with van der Waals surface area (Å²) in [6.07, 6.45) is 5.11. The van der Waals surface area contributed by atoms with Crippen molar-refractivity contribution in [1.82, 2.24) is 4.98 Å². The molecular formula is C11H16ClNO2S. The molecule has 2 rings (SSSR count). The first-order valence-corrected chi connectivity index (χ1v) is 8.07. The first kappa shape index (κ1) is 12.0. The topological polar surface area (TPSA) is 49.9 Å². The van der Waals surface area contributed by atoms with Gasteiger partial charge in [-0.3, -0.25) is 0 Å². The Morgan fingerprint density at radius 2 is 2.00 bits per heavy atom. The molecule has 1 N–H and O–H groups in total. The van der Waals surface area contributed by atoms with Crippen molar-refractivity contribution in [3.8, 4) is 0 Å². The maximum absolute atomic E-state index is 11.0. The van der Waals surface area contributed by atoms with E-state index in [0.29, 0.717) is 6.42 Å². The molecule has 1 aromatic heterocycles. The Morgan fingerprint density at radius 1 is 1.31 bits per heavy atom. The number of hydrogen-bond acceptors (Lipinski definition) is 2. The van der Waals surface area contributed by atoms with Crippen molar-refractivity contribution in [2.24, 2.45) is 0 Å². The third kappa shape index (κ3) is 2.61. The summed E-state index contributed by atoms with van der Waals surface area (Å²) in [5.41, 5.74) is 4.90. The van der Waals surface area contributed by atoms with E-state index >= 15 is 0 Å². The smallest absolute Gasteiger partial charge is 0.232 e. The van der Waals surface area contributed by atoms with Crippen LogP contribution in [0.4, 0.5) is 0 Å². The van der Waals surface area contributed by atoms with Crippen molar-refractivity contribution >= 4 is 19.7 Å². The largest absolute Gasteiger partial charge is 0.362 e. The number of fused-ring (bicyclic) bond motifs is 1. The lowest BCUT2D eigenvalue weighted by Crippen LogP contribution is -2.06. The van der Waals surface area contributed by atoms with E-state index in [1.807, 2.05) is 6.92 Å². The van der Waals surface area contributed by atoms with E-state index in [1.54, 1.807) is 0 Å². The number of hydrogen-bond donors (Lipinski definition) is 1. The number of aromatic nitrogens is 1. The van der Waals surface area contributed by atoms with Crippen LogP contribution in [0.2, 0.25) is 0 Å². The van der Waals surface area contributed by atoms with Gasteiger partial charge in [-0.05, 0) is 50.2 Å². The van der Waals surface area contributed by atoms with Crippen LogP contribution in [0.1, 0.15) is 35.4 Å². The first-order chi connectivity index (χ1) is 7.47. The molecule has 0 radical (unpaired) electrons. The zero-order chi connectivity index (χ0) is 11.8. The SMILES string of the molecule is Cc1[nH]c2c(c1CCS(=O)(=O)Cl)CCCC2. The van der Waals surface area contributed by atoms with Gasteiger partial charge in [0.15, 0.2) is 0 Å². The first-order valence-electron chi connectivity index (χ1n) is 5.59. The number of aryl methyl sites for hydroxylation is 2. The Bertz CT molecular complexity index is 490. The molecule has 1 aliphatic rings. The molecule has 1 heterocycles. The quantitative estimate of drug-likeness (QED) is 0.849. The van der Waals surface area contributed by atoms with Crippen LogP contribution in [0, 0.1) is 6.92 Å². The minimum absolute atomic E-state index is 0.0275. The van der Waals surface area contributed by atoms with Gasteiger partial charge in [0.1, 0.15) is 0 Å². The normalized spacial score (nSPS) is 16.1. The molecule has 0 unspecified atom stereocenters. The van der Waals surface area contributed by atoms with E-state index in [1.165, 1.54) is 29.7 Å². The molecule has 0 saturated heterocycles. The van der Waals surface area contributed by atoms with Gasteiger partial charge in [-0.2, -0.15) is 0 Å². The van der Waals surface area contributed by atoms with Gasteiger partial charge in [-0.15, -0.1) is 0 Å². The Hall–Kier alpha value is -0.480. The predicted molar refractivity (Wildman–Crippen MR) is 65.5 cm³/mol.